The highest BCUT2D eigenvalue weighted by Gasteiger charge is 2.40. The summed E-state index contributed by atoms with van der Waals surface area (Å²) in [5.74, 6) is -2.72. The second-order valence-electron chi connectivity index (χ2n) is 7.12. The number of hydrogen-bond acceptors (Lipinski definition) is 6. The maximum atomic E-state index is 14.0. The van der Waals surface area contributed by atoms with Gasteiger partial charge in [0.25, 0.3) is 16.1 Å². The Bertz CT molecular complexity index is 978. The molecule has 2 aromatic heterocycles. The van der Waals surface area contributed by atoms with Crippen molar-refractivity contribution in [3.05, 3.63) is 17.5 Å². The monoisotopic (exact) mass is 452 g/mol. The summed E-state index contributed by atoms with van der Waals surface area (Å²) in [6, 6.07) is -0.667. The molecule has 0 aliphatic carbocycles. The number of halogens is 3. The Morgan fingerprint density at radius 2 is 2.03 bits per heavy atom. The van der Waals surface area contributed by atoms with E-state index in [0.717, 1.165) is 5.52 Å². The molecule has 0 amide bonds. The minimum Gasteiger partial charge on any atom is -0.396 e. The van der Waals surface area contributed by atoms with Crippen LogP contribution in [0.3, 0.4) is 0 Å². The Morgan fingerprint density at radius 3 is 2.62 bits per heavy atom. The van der Waals surface area contributed by atoms with Crippen molar-refractivity contribution in [1.29, 1.82) is 0 Å². The summed E-state index contributed by atoms with van der Waals surface area (Å²) >= 11 is 6.19. The number of alkyl halides is 2. The third kappa shape index (κ3) is 4.77. The molecule has 0 radical (unpaired) electrons. The zero-order chi connectivity index (χ0) is 21.4. The lowest BCUT2D eigenvalue weighted by Crippen LogP contribution is -2.53. The van der Waals surface area contributed by atoms with E-state index in [1.165, 1.54) is 6.33 Å². The standard InChI is InChI=1S/C16H23ClF2N6O3S/c1-23-8-12(17)13-14(23)15(22-10-21-13)24-5-2-11(3-6-24)25(29(20,27)28)9-16(18,19)4-7-26/h8,10-11,26H,2-7,9H2,1H3,(H2,20,27,28). The van der Waals surface area contributed by atoms with Crippen LogP contribution in [0.15, 0.2) is 12.5 Å². The molecule has 29 heavy (non-hydrogen) atoms. The van der Waals surface area contributed by atoms with Gasteiger partial charge in [0.15, 0.2) is 5.82 Å². The van der Waals surface area contributed by atoms with Crippen LogP contribution in [0, 0.1) is 0 Å². The van der Waals surface area contributed by atoms with E-state index < -0.39 is 41.7 Å². The topological polar surface area (TPSA) is 118 Å². The summed E-state index contributed by atoms with van der Waals surface area (Å²) in [4.78, 5) is 10.5. The molecule has 1 aliphatic rings. The molecule has 3 heterocycles. The van der Waals surface area contributed by atoms with Crippen molar-refractivity contribution in [1.82, 2.24) is 18.8 Å². The normalized spacial score (nSPS) is 16.9. The lowest BCUT2D eigenvalue weighted by molar-refractivity contribution is -0.0411. The maximum absolute atomic E-state index is 14.0. The van der Waals surface area contributed by atoms with Crippen molar-refractivity contribution in [3.63, 3.8) is 0 Å². The summed E-state index contributed by atoms with van der Waals surface area (Å²) < 4.78 is 54.3. The first kappa shape index (κ1) is 22.1. The van der Waals surface area contributed by atoms with Crippen LogP contribution in [0.5, 0.6) is 0 Å². The van der Waals surface area contributed by atoms with E-state index in [4.69, 9.17) is 21.8 Å². The molecule has 0 aromatic carbocycles. The van der Waals surface area contributed by atoms with Crippen LogP contribution < -0.4 is 10.0 Å². The van der Waals surface area contributed by atoms with E-state index in [-0.39, 0.29) is 0 Å². The summed E-state index contributed by atoms with van der Waals surface area (Å²) in [7, 11) is -2.51. The minimum absolute atomic E-state index is 0.301. The number of aromatic nitrogens is 3. The smallest absolute Gasteiger partial charge is 0.277 e. The highest BCUT2D eigenvalue weighted by atomic mass is 35.5. The van der Waals surface area contributed by atoms with Gasteiger partial charge >= 0.3 is 0 Å². The first-order chi connectivity index (χ1) is 13.5. The highest BCUT2D eigenvalue weighted by molar-refractivity contribution is 7.86. The van der Waals surface area contributed by atoms with E-state index in [1.807, 2.05) is 16.5 Å². The molecule has 0 bridgehead atoms. The van der Waals surface area contributed by atoms with Crippen LogP contribution in [-0.2, 0) is 17.3 Å². The molecule has 3 N–H and O–H groups in total. The average Bonchev–Trinajstić information content (AvgIpc) is 2.93. The second kappa shape index (κ2) is 8.26. The van der Waals surface area contributed by atoms with Crippen LogP contribution in [0.4, 0.5) is 14.6 Å². The van der Waals surface area contributed by atoms with E-state index in [9.17, 15) is 17.2 Å². The Morgan fingerprint density at radius 1 is 1.38 bits per heavy atom. The minimum atomic E-state index is -4.33. The SMILES string of the molecule is Cn1cc(Cl)c2ncnc(N3CCC(N(CC(F)(F)CCO)S(N)(=O)=O)CC3)c21. The molecular formula is C16H23ClF2N6O3S. The third-order valence-corrected chi connectivity index (χ3v) is 6.41. The molecule has 13 heteroatoms. The summed E-state index contributed by atoms with van der Waals surface area (Å²) in [6.45, 7) is -0.997. The number of hydrogen-bond donors (Lipinski definition) is 2. The summed E-state index contributed by atoms with van der Waals surface area (Å²) in [5, 5.41) is 14.5. The van der Waals surface area contributed by atoms with Crippen molar-refractivity contribution in [2.24, 2.45) is 12.2 Å². The summed E-state index contributed by atoms with van der Waals surface area (Å²) in [5.41, 5.74) is 1.35. The van der Waals surface area contributed by atoms with E-state index >= 15 is 0 Å². The largest absolute Gasteiger partial charge is 0.396 e. The fourth-order valence-electron chi connectivity index (χ4n) is 3.66. The van der Waals surface area contributed by atoms with Crippen molar-refractivity contribution in [2.45, 2.75) is 31.2 Å². The number of aryl methyl sites for hydroxylation is 1. The number of nitrogens with two attached hydrogens (primary N) is 1. The van der Waals surface area contributed by atoms with Gasteiger partial charge in [0.2, 0.25) is 0 Å². The Hall–Kier alpha value is -1.60. The zero-order valence-corrected chi connectivity index (χ0v) is 17.4. The van der Waals surface area contributed by atoms with Gasteiger partial charge in [-0.05, 0) is 12.8 Å². The molecule has 1 aliphatic heterocycles. The first-order valence-corrected chi connectivity index (χ1v) is 10.9. The zero-order valence-electron chi connectivity index (χ0n) is 15.8. The first-order valence-electron chi connectivity index (χ1n) is 9.02. The van der Waals surface area contributed by atoms with Crippen LogP contribution >= 0.6 is 11.6 Å². The predicted molar refractivity (Wildman–Crippen MR) is 105 cm³/mol. The van der Waals surface area contributed by atoms with Crippen molar-refractivity contribution in [2.75, 3.05) is 31.1 Å². The fourth-order valence-corrected chi connectivity index (χ4v) is 4.94. The molecular weight excluding hydrogens is 430 g/mol. The summed E-state index contributed by atoms with van der Waals surface area (Å²) in [6.07, 6.45) is 2.90. The van der Waals surface area contributed by atoms with Crippen LogP contribution in [0.2, 0.25) is 5.02 Å². The average molecular weight is 453 g/mol. The second-order valence-corrected chi connectivity index (χ2v) is 9.03. The molecule has 3 rings (SSSR count). The highest BCUT2D eigenvalue weighted by Crippen LogP contribution is 2.32. The fraction of sp³-hybridized carbons (Fsp3) is 0.625. The van der Waals surface area contributed by atoms with Gasteiger partial charge in [-0.1, -0.05) is 11.6 Å². The maximum Gasteiger partial charge on any atom is 0.277 e. The quantitative estimate of drug-likeness (QED) is 0.650. The molecule has 9 nitrogen and oxygen atoms in total. The van der Waals surface area contributed by atoms with Crippen molar-refractivity contribution >= 4 is 38.7 Å². The van der Waals surface area contributed by atoms with Gasteiger partial charge in [-0.25, -0.2) is 23.9 Å². The lowest BCUT2D eigenvalue weighted by atomic mass is 10.0. The van der Waals surface area contributed by atoms with E-state index in [0.29, 0.717) is 46.6 Å². The number of aliphatic hydroxyl groups is 1. The van der Waals surface area contributed by atoms with Gasteiger partial charge in [0.05, 0.1) is 11.6 Å². The Kier molecular flexibility index (Phi) is 6.30. The number of anilines is 1. The molecule has 162 valence electrons. The van der Waals surface area contributed by atoms with Gasteiger partial charge < -0.3 is 14.6 Å². The molecule has 0 unspecified atom stereocenters. The van der Waals surface area contributed by atoms with Crippen LogP contribution in [0.1, 0.15) is 19.3 Å². The Labute approximate surface area is 172 Å². The lowest BCUT2D eigenvalue weighted by Gasteiger charge is -2.38. The molecule has 0 saturated carbocycles. The van der Waals surface area contributed by atoms with Gasteiger partial charge in [0, 0.05) is 45.4 Å². The molecule has 0 atom stereocenters. The van der Waals surface area contributed by atoms with Crippen molar-refractivity contribution in [3.8, 4) is 0 Å². The molecule has 1 saturated heterocycles. The molecule has 2 aromatic rings. The number of nitrogens with zero attached hydrogens (tertiary/aromatic N) is 5. The molecule has 0 spiro atoms. The van der Waals surface area contributed by atoms with Gasteiger partial charge in [-0.2, -0.15) is 12.7 Å². The number of fused-ring (bicyclic) bond motifs is 1. The number of piperidine rings is 1. The number of aliphatic hydroxyl groups excluding tert-OH is 1. The van der Waals surface area contributed by atoms with Gasteiger partial charge in [0.1, 0.15) is 17.4 Å². The van der Waals surface area contributed by atoms with Crippen LogP contribution in [-0.4, -0.2) is 70.6 Å². The van der Waals surface area contributed by atoms with Gasteiger partial charge in [-0.15, -0.1) is 0 Å². The van der Waals surface area contributed by atoms with E-state index in [2.05, 4.69) is 9.97 Å². The predicted octanol–water partition coefficient (Wildman–Crippen LogP) is 1.11. The third-order valence-electron chi connectivity index (χ3n) is 5.05. The Balaban J connectivity index is 1.79. The van der Waals surface area contributed by atoms with E-state index in [1.54, 1.807) is 6.20 Å². The van der Waals surface area contributed by atoms with Crippen molar-refractivity contribution < 1.29 is 22.3 Å². The molecule has 1 fully saturated rings. The van der Waals surface area contributed by atoms with Crippen LogP contribution in [0.25, 0.3) is 11.0 Å². The van der Waals surface area contributed by atoms with Gasteiger partial charge in [-0.3, -0.25) is 0 Å². The number of rotatable bonds is 7.